The van der Waals surface area contributed by atoms with Crippen LogP contribution in [0.4, 0.5) is 9.59 Å². The van der Waals surface area contributed by atoms with E-state index in [2.05, 4.69) is 15.6 Å². The average molecular weight is 805 g/mol. The Bertz CT molecular complexity index is 2290. The Labute approximate surface area is 339 Å². The van der Waals surface area contributed by atoms with Crippen LogP contribution in [0, 0.1) is 6.92 Å². The number of aromatic amines is 1. The van der Waals surface area contributed by atoms with Gasteiger partial charge in [0.05, 0.1) is 0 Å². The van der Waals surface area contributed by atoms with Crippen LogP contribution in [-0.4, -0.2) is 64.6 Å². The Morgan fingerprint density at radius 1 is 0.678 bits per heavy atom. The first kappa shape index (κ1) is 41.6. The summed E-state index contributed by atoms with van der Waals surface area (Å²) in [5.41, 5.74) is 1.83. The molecular formula is C44H44N4O11. The SMILES string of the molecule is Cc1cn([C@@H]2C[C@H](OC(=O)[C@@H](Cc3ccccc3)NC(=O)OCc3ccccc3)[C@H](COC(=O)[C@@H](Cc3ccccc3)NC(=O)OCc3ccccc3)O2)c(=O)[nH]c1=O. The lowest BCUT2D eigenvalue weighted by Gasteiger charge is -2.24. The third-order valence-electron chi connectivity index (χ3n) is 9.44. The van der Waals surface area contributed by atoms with E-state index in [1.54, 1.807) is 84.9 Å². The number of esters is 2. The molecule has 15 heteroatoms. The van der Waals surface area contributed by atoms with E-state index in [-0.39, 0.29) is 38.0 Å². The van der Waals surface area contributed by atoms with E-state index in [0.717, 1.165) is 26.8 Å². The topological polar surface area (TPSA) is 193 Å². The van der Waals surface area contributed by atoms with Crippen LogP contribution in [0.25, 0.3) is 0 Å². The Morgan fingerprint density at radius 2 is 1.14 bits per heavy atom. The van der Waals surface area contributed by atoms with Crippen LogP contribution in [0.2, 0.25) is 0 Å². The predicted molar refractivity (Wildman–Crippen MR) is 213 cm³/mol. The van der Waals surface area contributed by atoms with Gasteiger partial charge in [0.1, 0.15) is 50.3 Å². The number of hydrogen-bond acceptors (Lipinski definition) is 11. The number of benzene rings is 4. The number of amides is 2. The second-order valence-electron chi connectivity index (χ2n) is 13.8. The summed E-state index contributed by atoms with van der Waals surface area (Å²) in [5, 5.41) is 5.20. The van der Waals surface area contributed by atoms with Gasteiger partial charge in [-0.05, 0) is 29.2 Å². The molecular weight excluding hydrogens is 761 g/mol. The second kappa shape index (κ2) is 20.4. The highest BCUT2D eigenvalue weighted by Crippen LogP contribution is 2.31. The average Bonchev–Trinajstić information content (AvgIpc) is 3.65. The van der Waals surface area contributed by atoms with Crippen molar-refractivity contribution in [3.8, 4) is 0 Å². The van der Waals surface area contributed by atoms with Crippen molar-refractivity contribution in [3.05, 3.63) is 176 Å². The van der Waals surface area contributed by atoms with Gasteiger partial charge >= 0.3 is 29.8 Å². The molecule has 3 N–H and O–H groups in total. The Balaban J connectivity index is 1.18. The van der Waals surface area contributed by atoms with E-state index in [4.69, 9.17) is 23.7 Å². The number of nitrogens with zero attached hydrogens (tertiary/aromatic N) is 1. The third kappa shape index (κ3) is 12.2. The Hall–Kier alpha value is -7.00. The fourth-order valence-electron chi connectivity index (χ4n) is 6.34. The van der Waals surface area contributed by atoms with E-state index in [9.17, 15) is 28.8 Å². The summed E-state index contributed by atoms with van der Waals surface area (Å²) in [6, 6.07) is 33.6. The lowest BCUT2D eigenvalue weighted by Crippen LogP contribution is -2.46. The second-order valence-corrected chi connectivity index (χ2v) is 13.8. The molecule has 1 aliphatic heterocycles. The van der Waals surface area contributed by atoms with Crippen LogP contribution in [0.5, 0.6) is 0 Å². The van der Waals surface area contributed by atoms with Gasteiger partial charge in [-0.3, -0.25) is 14.3 Å². The van der Waals surface area contributed by atoms with Crippen molar-refractivity contribution in [3.63, 3.8) is 0 Å². The molecule has 59 heavy (non-hydrogen) atoms. The maximum absolute atomic E-state index is 14.0. The van der Waals surface area contributed by atoms with E-state index in [1.165, 1.54) is 13.1 Å². The molecule has 306 valence electrons. The number of nitrogens with one attached hydrogen (secondary N) is 3. The van der Waals surface area contributed by atoms with Gasteiger partial charge in [0, 0.05) is 31.0 Å². The standard InChI is InChI=1S/C44H44N4O11/c1-29-25-48(42(52)47-39(29)49)38-24-36(59-41(51)35(23-31-16-8-3-9-17-31)46-44(54)57-27-33-20-12-5-13-21-33)37(58-38)28-55-40(50)34(22-30-14-6-2-7-15-30)45-43(53)56-26-32-18-10-4-11-19-32/h2-21,25,34-38H,22-24,26-28H2,1H3,(H,45,53)(H,46,54)(H,47,49,52)/t34-,35-,36+,37+,38+/m1/s1. The van der Waals surface area contributed by atoms with Gasteiger partial charge in [0.2, 0.25) is 0 Å². The third-order valence-corrected chi connectivity index (χ3v) is 9.44. The van der Waals surface area contributed by atoms with Gasteiger partial charge in [0.15, 0.2) is 0 Å². The van der Waals surface area contributed by atoms with Crippen molar-refractivity contribution in [1.82, 2.24) is 20.2 Å². The van der Waals surface area contributed by atoms with Crippen molar-refractivity contribution in [2.45, 2.75) is 69.9 Å². The van der Waals surface area contributed by atoms with Gasteiger partial charge in [-0.15, -0.1) is 0 Å². The zero-order chi connectivity index (χ0) is 41.6. The van der Waals surface area contributed by atoms with E-state index in [0.29, 0.717) is 0 Å². The summed E-state index contributed by atoms with van der Waals surface area (Å²) in [6.45, 7) is 0.983. The largest absolute Gasteiger partial charge is 0.461 e. The van der Waals surface area contributed by atoms with E-state index >= 15 is 0 Å². The monoisotopic (exact) mass is 804 g/mol. The molecule has 1 fully saturated rings. The molecule has 1 aromatic heterocycles. The summed E-state index contributed by atoms with van der Waals surface area (Å²) < 4.78 is 29.8. The van der Waals surface area contributed by atoms with Gasteiger partial charge in [-0.2, -0.15) is 0 Å². The zero-order valence-electron chi connectivity index (χ0n) is 32.2. The van der Waals surface area contributed by atoms with Crippen LogP contribution >= 0.6 is 0 Å². The minimum absolute atomic E-state index is 0.0292. The Kier molecular flexibility index (Phi) is 14.4. The number of alkyl carbamates (subject to hydrolysis) is 2. The van der Waals surface area contributed by atoms with Crippen molar-refractivity contribution in [2.75, 3.05) is 6.61 Å². The van der Waals surface area contributed by atoms with Crippen molar-refractivity contribution >= 4 is 24.1 Å². The number of carbonyl (C=O) groups excluding carboxylic acids is 4. The molecule has 6 rings (SSSR count). The maximum atomic E-state index is 14.0. The number of rotatable bonds is 16. The van der Waals surface area contributed by atoms with E-state index in [1.807, 2.05) is 36.4 Å². The van der Waals surface area contributed by atoms with Gasteiger partial charge in [-0.25, -0.2) is 24.0 Å². The van der Waals surface area contributed by atoms with Gasteiger partial charge < -0.3 is 34.3 Å². The van der Waals surface area contributed by atoms with Crippen molar-refractivity contribution < 1.29 is 42.9 Å². The van der Waals surface area contributed by atoms with Gasteiger partial charge in [0.25, 0.3) is 5.56 Å². The van der Waals surface area contributed by atoms with Crippen LogP contribution in [0.1, 0.15) is 40.5 Å². The quantitative estimate of drug-likeness (QED) is 0.0928. The molecule has 0 bridgehead atoms. The first-order chi connectivity index (χ1) is 28.6. The maximum Gasteiger partial charge on any atom is 0.408 e. The molecule has 4 aromatic carbocycles. The lowest BCUT2D eigenvalue weighted by molar-refractivity contribution is -0.160. The molecule has 5 aromatic rings. The number of ether oxygens (including phenoxy) is 5. The molecule has 5 atom stereocenters. The van der Waals surface area contributed by atoms with Crippen LogP contribution in [-0.2, 0) is 59.3 Å². The molecule has 1 aliphatic rings. The zero-order valence-corrected chi connectivity index (χ0v) is 32.2. The number of carbonyl (C=O) groups is 4. The highest BCUT2D eigenvalue weighted by atomic mass is 16.6. The fourth-order valence-corrected chi connectivity index (χ4v) is 6.34. The molecule has 0 unspecified atom stereocenters. The van der Waals surface area contributed by atoms with Gasteiger partial charge in [-0.1, -0.05) is 121 Å². The summed E-state index contributed by atoms with van der Waals surface area (Å²) in [6.07, 6.45) is -3.66. The molecule has 0 saturated carbocycles. The first-order valence-electron chi connectivity index (χ1n) is 19.0. The highest BCUT2D eigenvalue weighted by Gasteiger charge is 2.42. The Morgan fingerprint density at radius 3 is 1.63 bits per heavy atom. The molecule has 15 nitrogen and oxygen atoms in total. The molecule has 2 amide bonds. The number of H-pyrrole nitrogens is 1. The van der Waals surface area contributed by atoms with Crippen molar-refractivity contribution in [1.29, 1.82) is 0 Å². The molecule has 2 heterocycles. The molecule has 0 spiro atoms. The summed E-state index contributed by atoms with van der Waals surface area (Å²) in [4.78, 5) is 80.9. The number of hydrogen-bond donors (Lipinski definition) is 3. The highest BCUT2D eigenvalue weighted by molar-refractivity contribution is 5.82. The minimum atomic E-state index is -1.22. The fraction of sp³-hybridized carbons (Fsp3) is 0.273. The number of aryl methyl sites for hydroxylation is 1. The van der Waals surface area contributed by atoms with Crippen molar-refractivity contribution in [2.24, 2.45) is 0 Å². The minimum Gasteiger partial charge on any atom is -0.461 e. The predicted octanol–water partition coefficient (Wildman–Crippen LogP) is 4.66. The van der Waals surface area contributed by atoms with Crippen LogP contribution in [0.3, 0.4) is 0 Å². The van der Waals surface area contributed by atoms with E-state index < -0.39 is 72.5 Å². The molecule has 0 radical (unpaired) electrons. The molecule has 0 aliphatic carbocycles. The van der Waals surface area contributed by atoms with Crippen LogP contribution < -0.4 is 21.9 Å². The summed E-state index contributed by atoms with van der Waals surface area (Å²) in [5.74, 6) is -1.67. The normalized spacial score (nSPS) is 16.9. The summed E-state index contributed by atoms with van der Waals surface area (Å²) >= 11 is 0. The molecule has 1 saturated heterocycles. The lowest BCUT2D eigenvalue weighted by atomic mass is 10.1. The first-order valence-corrected chi connectivity index (χ1v) is 19.0. The summed E-state index contributed by atoms with van der Waals surface area (Å²) in [7, 11) is 0. The smallest absolute Gasteiger partial charge is 0.408 e. The number of aromatic nitrogens is 2. The van der Waals surface area contributed by atoms with Crippen LogP contribution in [0.15, 0.2) is 137 Å².